The summed E-state index contributed by atoms with van der Waals surface area (Å²) in [6.07, 6.45) is 10.5. The van der Waals surface area contributed by atoms with Crippen molar-refractivity contribution in [2.24, 2.45) is 18.7 Å². The molecule has 0 amide bonds. The predicted octanol–water partition coefficient (Wildman–Crippen LogP) is 3.27. The number of aryl methyl sites for hydroxylation is 2. The molecule has 0 saturated heterocycles. The topological polar surface area (TPSA) is 43.8 Å². The molecular formula is C16H29N3. The van der Waals surface area contributed by atoms with E-state index in [9.17, 15) is 0 Å². The maximum Gasteiger partial charge on any atom is 0.0628 e. The molecule has 1 aliphatic carbocycles. The Morgan fingerprint density at radius 1 is 1.26 bits per heavy atom. The number of nitrogens with zero attached hydrogens (tertiary/aromatic N) is 2. The van der Waals surface area contributed by atoms with Crippen LogP contribution in [0.2, 0.25) is 0 Å². The van der Waals surface area contributed by atoms with Gasteiger partial charge in [0.25, 0.3) is 0 Å². The molecule has 3 heteroatoms. The van der Waals surface area contributed by atoms with Crippen molar-refractivity contribution in [3.63, 3.8) is 0 Å². The Morgan fingerprint density at radius 2 is 1.95 bits per heavy atom. The van der Waals surface area contributed by atoms with Crippen molar-refractivity contribution in [1.82, 2.24) is 9.78 Å². The molecule has 1 atom stereocenters. The Labute approximate surface area is 117 Å². The first-order chi connectivity index (χ1) is 9.08. The largest absolute Gasteiger partial charge is 0.328 e. The van der Waals surface area contributed by atoms with E-state index in [0.29, 0.717) is 6.04 Å². The molecule has 1 saturated carbocycles. The van der Waals surface area contributed by atoms with Crippen LogP contribution < -0.4 is 5.73 Å². The van der Waals surface area contributed by atoms with Crippen LogP contribution in [0.5, 0.6) is 0 Å². The summed E-state index contributed by atoms with van der Waals surface area (Å²) in [6.45, 7) is 4.26. The molecule has 108 valence electrons. The summed E-state index contributed by atoms with van der Waals surface area (Å²) in [5, 5.41) is 4.48. The van der Waals surface area contributed by atoms with E-state index in [0.717, 1.165) is 18.8 Å². The predicted molar refractivity (Wildman–Crippen MR) is 80.2 cm³/mol. The average molecular weight is 263 g/mol. The minimum Gasteiger partial charge on any atom is -0.328 e. The number of hydrogen-bond acceptors (Lipinski definition) is 2. The average Bonchev–Trinajstić information content (AvgIpc) is 2.62. The van der Waals surface area contributed by atoms with Crippen molar-refractivity contribution in [3.8, 4) is 0 Å². The number of rotatable bonds is 5. The smallest absolute Gasteiger partial charge is 0.0628 e. The summed E-state index contributed by atoms with van der Waals surface area (Å²) in [4.78, 5) is 0. The zero-order valence-electron chi connectivity index (χ0n) is 12.8. The normalized spacial score (nSPS) is 18.7. The van der Waals surface area contributed by atoms with Gasteiger partial charge in [-0.05, 0) is 44.6 Å². The van der Waals surface area contributed by atoms with E-state index in [-0.39, 0.29) is 0 Å². The second-order valence-electron chi connectivity index (χ2n) is 6.31. The van der Waals surface area contributed by atoms with Gasteiger partial charge in [-0.25, -0.2) is 0 Å². The zero-order valence-corrected chi connectivity index (χ0v) is 12.8. The lowest BCUT2D eigenvalue weighted by Crippen LogP contribution is -2.25. The van der Waals surface area contributed by atoms with Gasteiger partial charge in [-0.1, -0.05) is 32.1 Å². The molecule has 1 fully saturated rings. The Hall–Kier alpha value is -0.830. The van der Waals surface area contributed by atoms with Crippen LogP contribution in [0.1, 0.15) is 61.9 Å². The molecule has 1 aromatic heterocycles. The minimum atomic E-state index is 0.363. The molecule has 1 heterocycles. The Balaban J connectivity index is 1.80. The van der Waals surface area contributed by atoms with Crippen LogP contribution >= 0.6 is 0 Å². The highest BCUT2D eigenvalue weighted by molar-refractivity contribution is 5.24. The summed E-state index contributed by atoms with van der Waals surface area (Å²) in [5.74, 6) is 0.889. The second kappa shape index (κ2) is 6.56. The molecular weight excluding hydrogens is 234 g/mol. The highest BCUT2D eigenvalue weighted by Gasteiger charge is 2.17. The van der Waals surface area contributed by atoms with Gasteiger partial charge in [0.15, 0.2) is 0 Å². The van der Waals surface area contributed by atoms with Gasteiger partial charge in [0, 0.05) is 18.8 Å². The van der Waals surface area contributed by atoms with Crippen LogP contribution in [0.3, 0.4) is 0 Å². The molecule has 0 aromatic carbocycles. The van der Waals surface area contributed by atoms with Crippen molar-refractivity contribution in [2.75, 3.05) is 0 Å². The van der Waals surface area contributed by atoms with Crippen LogP contribution in [0.15, 0.2) is 0 Å². The molecule has 1 aliphatic rings. The van der Waals surface area contributed by atoms with Gasteiger partial charge in [-0.2, -0.15) is 5.10 Å². The first kappa shape index (κ1) is 14.6. The molecule has 1 unspecified atom stereocenters. The fourth-order valence-corrected chi connectivity index (χ4v) is 3.48. The molecule has 0 spiro atoms. The fourth-order valence-electron chi connectivity index (χ4n) is 3.48. The van der Waals surface area contributed by atoms with Crippen molar-refractivity contribution in [3.05, 3.63) is 17.0 Å². The van der Waals surface area contributed by atoms with E-state index in [2.05, 4.69) is 18.9 Å². The lowest BCUT2D eigenvalue weighted by atomic mass is 9.84. The van der Waals surface area contributed by atoms with Gasteiger partial charge >= 0.3 is 0 Å². The van der Waals surface area contributed by atoms with Crippen LogP contribution in [0.25, 0.3) is 0 Å². The molecule has 0 bridgehead atoms. The van der Waals surface area contributed by atoms with E-state index in [1.165, 1.54) is 55.5 Å². The number of aromatic nitrogens is 2. The second-order valence-corrected chi connectivity index (χ2v) is 6.31. The molecule has 1 aromatic rings. The van der Waals surface area contributed by atoms with E-state index in [4.69, 9.17) is 5.73 Å². The maximum absolute atomic E-state index is 6.33. The van der Waals surface area contributed by atoms with Gasteiger partial charge in [0.2, 0.25) is 0 Å². The molecule has 2 rings (SSSR count). The molecule has 0 radical (unpaired) electrons. The van der Waals surface area contributed by atoms with Crippen molar-refractivity contribution in [1.29, 1.82) is 0 Å². The standard InChI is InChI=1S/C16H29N3/c1-12-16(13(2)19(3)18-12)10-9-15(17)11-14-7-5-4-6-8-14/h14-15H,4-11,17H2,1-3H3. The lowest BCUT2D eigenvalue weighted by Gasteiger charge is -2.24. The summed E-state index contributed by atoms with van der Waals surface area (Å²) in [5.41, 5.74) is 10.2. The summed E-state index contributed by atoms with van der Waals surface area (Å²) in [6, 6.07) is 0.363. The molecule has 3 nitrogen and oxygen atoms in total. The van der Waals surface area contributed by atoms with Crippen molar-refractivity contribution in [2.45, 2.75) is 71.3 Å². The van der Waals surface area contributed by atoms with Gasteiger partial charge in [-0.15, -0.1) is 0 Å². The quantitative estimate of drug-likeness (QED) is 0.886. The Bertz CT molecular complexity index is 402. The molecule has 2 N–H and O–H groups in total. The summed E-state index contributed by atoms with van der Waals surface area (Å²) >= 11 is 0. The highest BCUT2D eigenvalue weighted by Crippen LogP contribution is 2.28. The Kier molecular flexibility index (Phi) is 5.03. The summed E-state index contributed by atoms with van der Waals surface area (Å²) < 4.78 is 1.98. The van der Waals surface area contributed by atoms with E-state index in [1.54, 1.807) is 0 Å². The number of hydrogen-bond donors (Lipinski definition) is 1. The third kappa shape index (κ3) is 3.82. The van der Waals surface area contributed by atoms with Crippen LogP contribution in [-0.2, 0) is 13.5 Å². The molecule has 19 heavy (non-hydrogen) atoms. The third-order valence-corrected chi connectivity index (χ3v) is 4.78. The third-order valence-electron chi connectivity index (χ3n) is 4.78. The molecule has 0 aliphatic heterocycles. The van der Waals surface area contributed by atoms with Gasteiger partial charge in [0.1, 0.15) is 0 Å². The minimum absolute atomic E-state index is 0.363. The van der Waals surface area contributed by atoms with Crippen LogP contribution in [-0.4, -0.2) is 15.8 Å². The number of nitrogens with two attached hydrogens (primary N) is 1. The summed E-state index contributed by atoms with van der Waals surface area (Å²) in [7, 11) is 2.02. The monoisotopic (exact) mass is 263 g/mol. The maximum atomic E-state index is 6.33. The van der Waals surface area contributed by atoms with Crippen molar-refractivity contribution >= 4 is 0 Å². The van der Waals surface area contributed by atoms with Crippen LogP contribution in [0, 0.1) is 19.8 Å². The zero-order chi connectivity index (χ0) is 13.8. The van der Waals surface area contributed by atoms with E-state index in [1.807, 2.05) is 11.7 Å². The first-order valence-electron chi connectivity index (χ1n) is 7.82. The fraction of sp³-hybridized carbons (Fsp3) is 0.812. The van der Waals surface area contributed by atoms with Crippen molar-refractivity contribution < 1.29 is 0 Å². The first-order valence-corrected chi connectivity index (χ1v) is 7.82. The Morgan fingerprint density at radius 3 is 2.53 bits per heavy atom. The van der Waals surface area contributed by atoms with E-state index >= 15 is 0 Å². The highest BCUT2D eigenvalue weighted by atomic mass is 15.3. The van der Waals surface area contributed by atoms with Gasteiger partial charge in [0.05, 0.1) is 5.69 Å². The lowest BCUT2D eigenvalue weighted by molar-refractivity contribution is 0.312. The van der Waals surface area contributed by atoms with Gasteiger partial charge < -0.3 is 5.73 Å². The van der Waals surface area contributed by atoms with E-state index < -0.39 is 0 Å². The van der Waals surface area contributed by atoms with Crippen LogP contribution in [0.4, 0.5) is 0 Å². The SMILES string of the molecule is Cc1nn(C)c(C)c1CCC(N)CC1CCCCC1. The van der Waals surface area contributed by atoms with Gasteiger partial charge in [-0.3, -0.25) is 4.68 Å².